The number of carboxylic acid groups (broad SMARTS) is 1. The van der Waals surface area contributed by atoms with Crippen LogP contribution in [0.2, 0.25) is 0 Å². The highest BCUT2D eigenvalue weighted by atomic mass is 32.1. The predicted molar refractivity (Wildman–Crippen MR) is 123 cm³/mol. The van der Waals surface area contributed by atoms with Gasteiger partial charge in [0.1, 0.15) is 18.2 Å². The van der Waals surface area contributed by atoms with E-state index in [0.717, 1.165) is 33.6 Å². The van der Waals surface area contributed by atoms with E-state index in [4.69, 9.17) is 9.84 Å². The number of carbonyl (C=O) groups excluding carboxylic acids is 2. The Labute approximate surface area is 202 Å². The Hall–Kier alpha value is -3.86. The van der Waals surface area contributed by atoms with Gasteiger partial charge >= 0.3 is 12.1 Å². The van der Waals surface area contributed by atoms with Crippen LogP contribution in [0.3, 0.4) is 0 Å². The molecule has 3 N–H and O–H groups in total. The van der Waals surface area contributed by atoms with Crippen molar-refractivity contribution in [3.63, 3.8) is 0 Å². The summed E-state index contributed by atoms with van der Waals surface area (Å²) in [5.74, 6) is -9.06. The number of benzene rings is 2. The lowest BCUT2D eigenvalue weighted by atomic mass is 9.98. The van der Waals surface area contributed by atoms with Crippen LogP contribution in [0.25, 0.3) is 11.1 Å². The first-order valence-corrected chi connectivity index (χ1v) is 11.6. The largest absolute Gasteiger partial charge is 0.481 e. The van der Waals surface area contributed by atoms with E-state index in [9.17, 15) is 23.2 Å². The SMILES string of the molecule is O=C(Nc1nc(C(=O)NC[C@H]2[C@@H](C(=O)O)C2(F)F)cs1)OCC1c2ccccc2-c2ccccc21. The van der Waals surface area contributed by atoms with Crippen molar-refractivity contribution in [3.8, 4) is 11.1 Å². The average Bonchev–Trinajstić information content (AvgIpc) is 3.13. The Balaban J connectivity index is 1.15. The van der Waals surface area contributed by atoms with Gasteiger partial charge in [0.25, 0.3) is 11.8 Å². The van der Waals surface area contributed by atoms with E-state index in [0.29, 0.717) is 0 Å². The molecule has 2 aliphatic rings. The molecule has 0 radical (unpaired) electrons. The van der Waals surface area contributed by atoms with Gasteiger partial charge in [-0.2, -0.15) is 0 Å². The quantitative estimate of drug-likeness (QED) is 0.449. The van der Waals surface area contributed by atoms with Crippen LogP contribution in [0.15, 0.2) is 53.9 Å². The van der Waals surface area contributed by atoms with Crippen molar-refractivity contribution in [2.45, 2.75) is 11.8 Å². The minimum Gasteiger partial charge on any atom is -0.481 e. The van der Waals surface area contributed by atoms with Gasteiger partial charge in [-0.3, -0.25) is 14.9 Å². The Morgan fingerprint density at radius 2 is 1.69 bits per heavy atom. The first-order valence-electron chi connectivity index (χ1n) is 10.7. The third-order valence-electron chi connectivity index (χ3n) is 6.24. The number of nitrogens with one attached hydrogen (secondary N) is 2. The summed E-state index contributed by atoms with van der Waals surface area (Å²) >= 11 is 0.970. The highest BCUT2D eigenvalue weighted by molar-refractivity contribution is 7.14. The van der Waals surface area contributed by atoms with Crippen LogP contribution in [0.1, 0.15) is 27.5 Å². The molecule has 0 saturated heterocycles. The number of anilines is 1. The van der Waals surface area contributed by atoms with Gasteiger partial charge in [0, 0.05) is 17.8 Å². The molecule has 0 aliphatic heterocycles. The number of nitrogens with zero attached hydrogens (tertiary/aromatic N) is 1. The first kappa shape index (κ1) is 22.9. The number of halogens is 2. The van der Waals surface area contributed by atoms with Gasteiger partial charge < -0.3 is 15.2 Å². The summed E-state index contributed by atoms with van der Waals surface area (Å²) in [4.78, 5) is 39.3. The van der Waals surface area contributed by atoms with E-state index in [1.807, 2.05) is 48.5 Å². The number of carbonyl (C=O) groups is 3. The zero-order chi connectivity index (χ0) is 24.7. The molecule has 0 unspecified atom stereocenters. The molecule has 2 atom stereocenters. The number of fused-ring (bicyclic) bond motifs is 3. The van der Waals surface area contributed by atoms with Crippen molar-refractivity contribution in [3.05, 3.63) is 70.7 Å². The molecule has 2 aliphatic carbocycles. The number of aliphatic carboxylic acids is 1. The van der Waals surface area contributed by atoms with Gasteiger partial charge in [0.05, 0.1) is 5.92 Å². The zero-order valence-electron chi connectivity index (χ0n) is 18.0. The molecule has 1 heterocycles. The lowest BCUT2D eigenvalue weighted by Gasteiger charge is -2.14. The maximum absolute atomic E-state index is 13.5. The van der Waals surface area contributed by atoms with Crippen molar-refractivity contribution in [2.75, 3.05) is 18.5 Å². The topological polar surface area (TPSA) is 118 Å². The van der Waals surface area contributed by atoms with E-state index >= 15 is 0 Å². The summed E-state index contributed by atoms with van der Waals surface area (Å²) in [6.07, 6.45) is -0.741. The average molecular weight is 499 g/mol. The molecule has 180 valence electrons. The highest BCUT2D eigenvalue weighted by Crippen LogP contribution is 2.54. The van der Waals surface area contributed by atoms with Crippen molar-refractivity contribution in [2.24, 2.45) is 11.8 Å². The van der Waals surface area contributed by atoms with Gasteiger partial charge in [-0.15, -0.1) is 11.3 Å². The molecule has 5 rings (SSSR count). The van der Waals surface area contributed by atoms with Gasteiger partial charge in [-0.05, 0) is 22.3 Å². The second kappa shape index (κ2) is 8.73. The van der Waals surface area contributed by atoms with Crippen LogP contribution in [-0.2, 0) is 9.53 Å². The molecule has 3 aromatic rings. The van der Waals surface area contributed by atoms with Gasteiger partial charge in [0.15, 0.2) is 5.13 Å². The summed E-state index contributed by atoms with van der Waals surface area (Å²) in [7, 11) is 0. The summed E-state index contributed by atoms with van der Waals surface area (Å²) in [5, 5.41) is 15.0. The molecule has 0 spiro atoms. The molecular weight excluding hydrogens is 480 g/mol. The minimum absolute atomic E-state index is 0.0835. The maximum Gasteiger partial charge on any atom is 0.413 e. The second-order valence-corrected chi connectivity index (χ2v) is 9.15. The Morgan fingerprint density at radius 1 is 1.06 bits per heavy atom. The lowest BCUT2D eigenvalue weighted by Crippen LogP contribution is -2.27. The molecular formula is C24H19F2N3O5S. The standard InChI is InChI=1S/C24H19F2N3O5S/c25-24(26)17(19(24)21(31)32)9-27-20(30)18-11-35-22(28-18)29-23(33)34-10-16-14-7-3-1-5-12(14)13-6-2-4-8-15(13)16/h1-8,11,16-17,19H,9-10H2,(H,27,30)(H,31,32)(H,28,29,33)/t17-,19-/m0/s1. The fourth-order valence-corrected chi connectivity index (χ4v) is 5.11. The summed E-state index contributed by atoms with van der Waals surface area (Å²) in [6.45, 7) is -0.381. The van der Waals surface area contributed by atoms with E-state index in [-0.39, 0.29) is 23.4 Å². The number of alkyl halides is 2. The van der Waals surface area contributed by atoms with Crippen molar-refractivity contribution >= 4 is 34.4 Å². The van der Waals surface area contributed by atoms with E-state index in [1.54, 1.807) is 0 Å². The van der Waals surface area contributed by atoms with E-state index < -0.39 is 42.3 Å². The smallest absolute Gasteiger partial charge is 0.413 e. The molecule has 11 heteroatoms. The van der Waals surface area contributed by atoms with Crippen molar-refractivity contribution < 1.29 is 33.0 Å². The Morgan fingerprint density at radius 3 is 2.29 bits per heavy atom. The van der Waals surface area contributed by atoms with E-state index in [2.05, 4.69) is 15.6 Å². The van der Waals surface area contributed by atoms with Crippen LogP contribution in [0.4, 0.5) is 18.7 Å². The molecule has 35 heavy (non-hydrogen) atoms. The number of carboxylic acids is 1. The third kappa shape index (κ3) is 4.23. The Bertz CT molecular complexity index is 1280. The monoisotopic (exact) mass is 499 g/mol. The van der Waals surface area contributed by atoms with Crippen LogP contribution < -0.4 is 10.6 Å². The molecule has 2 aromatic carbocycles. The van der Waals surface area contributed by atoms with Gasteiger partial charge in [-0.1, -0.05) is 48.5 Å². The molecule has 0 bridgehead atoms. The number of rotatable bonds is 7. The Kier molecular flexibility index (Phi) is 5.72. The predicted octanol–water partition coefficient (Wildman–Crippen LogP) is 4.20. The molecule has 1 aromatic heterocycles. The second-order valence-electron chi connectivity index (χ2n) is 8.30. The van der Waals surface area contributed by atoms with Crippen LogP contribution in [-0.4, -0.2) is 47.1 Å². The zero-order valence-corrected chi connectivity index (χ0v) is 18.9. The normalized spacial score (nSPS) is 19.4. The van der Waals surface area contributed by atoms with Gasteiger partial charge in [0.2, 0.25) is 0 Å². The number of hydrogen-bond acceptors (Lipinski definition) is 6. The minimum atomic E-state index is -3.35. The third-order valence-corrected chi connectivity index (χ3v) is 7.00. The highest BCUT2D eigenvalue weighted by Gasteiger charge is 2.72. The van der Waals surface area contributed by atoms with Crippen LogP contribution in [0.5, 0.6) is 0 Å². The fourth-order valence-electron chi connectivity index (χ4n) is 4.43. The molecule has 8 nitrogen and oxygen atoms in total. The summed E-state index contributed by atoms with van der Waals surface area (Å²) in [6, 6.07) is 15.9. The number of thiazole rings is 1. The fraction of sp³-hybridized carbons (Fsp3) is 0.250. The van der Waals surface area contributed by atoms with Crippen LogP contribution in [0, 0.1) is 11.8 Å². The number of ether oxygens (including phenoxy) is 1. The lowest BCUT2D eigenvalue weighted by molar-refractivity contribution is -0.140. The molecule has 1 fully saturated rings. The first-order chi connectivity index (χ1) is 16.8. The summed E-state index contributed by atoms with van der Waals surface area (Å²) < 4.78 is 32.3. The molecule has 1 saturated carbocycles. The van der Waals surface area contributed by atoms with Crippen molar-refractivity contribution in [1.29, 1.82) is 0 Å². The molecule has 2 amide bonds. The number of hydrogen-bond donors (Lipinski definition) is 3. The van der Waals surface area contributed by atoms with Crippen LogP contribution >= 0.6 is 11.3 Å². The van der Waals surface area contributed by atoms with E-state index in [1.165, 1.54) is 5.38 Å². The maximum atomic E-state index is 13.5. The summed E-state index contributed by atoms with van der Waals surface area (Å²) in [5.41, 5.74) is 4.26. The number of aromatic nitrogens is 1. The number of amides is 2. The van der Waals surface area contributed by atoms with Crippen molar-refractivity contribution in [1.82, 2.24) is 10.3 Å². The van der Waals surface area contributed by atoms with Gasteiger partial charge in [-0.25, -0.2) is 18.6 Å².